The molecule has 1 aliphatic rings. The fraction of sp³-hybridized carbons (Fsp3) is 0.286. The zero-order valence-corrected chi connectivity index (χ0v) is 11.3. The summed E-state index contributed by atoms with van der Waals surface area (Å²) in [5.74, 6) is -0.253. The average molecular weight is 310 g/mol. The molecule has 1 N–H and O–H groups in total. The monoisotopic (exact) mass is 309 g/mol. The molecule has 0 aliphatic heterocycles. The largest absolute Gasteiger partial charge is 0.388 e. The van der Waals surface area contributed by atoms with Crippen LogP contribution >= 0.6 is 15.9 Å². The van der Waals surface area contributed by atoms with E-state index in [2.05, 4.69) is 15.9 Å². The smallest absolute Gasteiger partial charge is 0.147 e. The third kappa shape index (κ3) is 1.89. The molecule has 0 saturated heterocycles. The first-order valence-corrected chi connectivity index (χ1v) is 6.80. The predicted octanol–water partition coefficient (Wildman–Crippen LogP) is 3.75. The van der Waals surface area contributed by atoms with E-state index in [0.29, 0.717) is 5.69 Å². The summed E-state index contributed by atoms with van der Waals surface area (Å²) >= 11 is 3.36. The number of rotatable bonds is 1. The van der Waals surface area contributed by atoms with Crippen molar-refractivity contribution < 1.29 is 9.50 Å². The number of halogens is 2. The highest BCUT2D eigenvalue weighted by molar-refractivity contribution is 9.10. The van der Waals surface area contributed by atoms with Crippen molar-refractivity contribution in [3.05, 3.63) is 52.0 Å². The van der Waals surface area contributed by atoms with Crippen LogP contribution in [0.15, 0.2) is 34.9 Å². The van der Waals surface area contributed by atoms with Crippen molar-refractivity contribution in [3.8, 4) is 5.69 Å². The molecule has 94 valence electrons. The van der Waals surface area contributed by atoms with E-state index in [4.69, 9.17) is 0 Å². The van der Waals surface area contributed by atoms with Gasteiger partial charge in [-0.25, -0.2) is 4.39 Å². The SMILES string of the molecule is OC1CCCc2c1ccn2-c1cc(Br)ccc1F. The van der Waals surface area contributed by atoms with Gasteiger partial charge >= 0.3 is 0 Å². The molecular weight excluding hydrogens is 297 g/mol. The van der Waals surface area contributed by atoms with Gasteiger partial charge in [0.15, 0.2) is 0 Å². The number of aliphatic hydroxyl groups is 1. The second kappa shape index (κ2) is 4.52. The molecule has 2 nitrogen and oxygen atoms in total. The van der Waals surface area contributed by atoms with E-state index in [1.807, 2.05) is 16.8 Å². The maximum absolute atomic E-state index is 13.9. The van der Waals surface area contributed by atoms with Crippen LogP contribution in [-0.2, 0) is 6.42 Å². The summed E-state index contributed by atoms with van der Waals surface area (Å²) in [5.41, 5.74) is 2.48. The minimum absolute atomic E-state index is 0.253. The third-order valence-electron chi connectivity index (χ3n) is 3.45. The summed E-state index contributed by atoms with van der Waals surface area (Å²) in [6.45, 7) is 0. The van der Waals surface area contributed by atoms with Crippen LogP contribution in [0.2, 0.25) is 0 Å². The molecule has 1 atom stereocenters. The number of aromatic nitrogens is 1. The molecule has 0 radical (unpaired) electrons. The van der Waals surface area contributed by atoms with Crippen molar-refractivity contribution in [2.45, 2.75) is 25.4 Å². The van der Waals surface area contributed by atoms with Gasteiger partial charge in [-0.2, -0.15) is 0 Å². The highest BCUT2D eigenvalue weighted by Gasteiger charge is 2.22. The van der Waals surface area contributed by atoms with Gasteiger partial charge in [-0.3, -0.25) is 0 Å². The Hall–Kier alpha value is -1.13. The Morgan fingerprint density at radius 2 is 2.17 bits per heavy atom. The van der Waals surface area contributed by atoms with Crippen molar-refractivity contribution in [2.75, 3.05) is 0 Å². The topological polar surface area (TPSA) is 25.2 Å². The zero-order chi connectivity index (χ0) is 12.7. The number of benzene rings is 1. The van der Waals surface area contributed by atoms with Crippen LogP contribution in [0.4, 0.5) is 4.39 Å². The van der Waals surface area contributed by atoms with Crippen molar-refractivity contribution >= 4 is 15.9 Å². The van der Waals surface area contributed by atoms with Crippen molar-refractivity contribution in [1.29, 1.82) is 0 Å². The van der Waals surface area contributed by atoms with E-state index in [1.165, 1.54) is 6.07 Å². The fourth-order valence-electron chi connectivity index (χ4n) is 2.56. The number of nitrogens with zero attached hydrogens (tertiary/aromatic N) is 1. The van der Waals surface area contributed by atoms with E-state index >= 15 is 0 Å². The highest BCUT2D eigenvalue weighted by atomic mass is 79.9. The highest BCUT2D eigenvalue weighted by Crippen LogP contribution is 2.33. The van der Waals surface area contributed by atoms with Crippen molar-refractivity contribution in [2.24, 2.45) is 0 Å². The molecule has 1 aliphatic carbocycles. The van der Waals surface area contributed by atoms with E-state index in [-0.39, 0.29) is 5.82 Å². The molecule has 1 heterocycles. The van der Waals surface area contributed by atoms with Gasteiger partial charge < -0.3 is 9.67 Å². The standard InChI is InChI=1S/C14H13BrFNO/c15-9-4-5-11(16)13(8-9)17-7-6-10-12(17)2-1-3-14(10)18/h4-8,14,18H,1-3H2. The van der Waals surface area contributed by atoms with Gasteiger partial charge in [-0.15, -0.1) is 0 Å². The normalized spacial score (nSPS) is 18.7. The minimum Gasteiger partial charge on any atom is -0.388 e. The molecule has 4 heteroatoms. The Balaban J connectivity index is 2.15. The van der Waals surface area contributed by atoms with Crippen LogP contribution in [0, 0.1) is 5.82 Å². The van der Waals surface area contributed by atoms with E-state index < -0.39 is 6.10 Å². The predicted molar refractivity (Wildman–Crippen MR) is 71.3 cm³/mol. The van der Waals surface area contributed by atoms with Crippen LogP contribution in [0.5, 0.6) is 0 Å². The van der Waals surface area contributed by atoms with E-state index in [1.54, 1.807) is 12.1 Å². The average Bonchev–Trinajstić information content (AvgIpc) is 2.77. The zero-order valence-electron chi connectivity index (χ0n) is 9.74. The molecule has 1 aromatic carbocycles. The molecule has 1 aromatic heterocycles. The molecule has 0 bridgehead atoms. The van der Waals surface area contributed by atoms with Crippen molar-refractivity contribution in [3.63, 3.8) is 0 Å². The van der Waals surface area contributed by atoms with Crippen molar-refractivity contribution in [1.82, 2.24) is 4.57 Å². The lowest BCUT2D eigenvalue weighted by Gasteiger charge is -2.20. The van der Waals surface area contributed by atoms with Gasteiger partial charge in [0, 0.05) is 21.9 Å². The first kappa shape index (κ1) is 11.9. The van der Waals surface area contributed by atoms with Gasteiger partial charge in [0.25, 0.3) is 0 Å². The Morgan fingerprint density at radius 1 is 1.33 bits per heavy atom. The Labute approximate surface area is 113 Å². The quantitative estimate of drug-likeness (QED) is 0.852. The van der Waals surface area contributed by atoms with Crippen LogP contribution in [-0.4, -0.2) is 9.67 Å². The van der Waals surface area contributed by atoms with Gasteiger partial charge in [-0.05, 0) is 43.5 Å². The number of hydrogen-bond acceptors (Lipinski definition) is 1. The van der Waals surface area contributed by atoms with Gasteiger partial charge in [0.05, 0.1) is 11.8 Å². The number of fused-ring (bicyclic) bond motifs is 1. The number of hydrogen-bond donors (Lipinski definition) is 1. The second-order valence-corrected chi connectivity index (χ2v) is 5.51. The van der Waals surface area contributed by atoms with Crippen LogP contribution in [0.25, 0.3) is 5.69 Å². The molecule has 0 amide bonds. The summed E-state index contributed by atoms with van der Waals surface area (Å²) in [4.78, 5) is 0. The van der Waals surface area contributed by atoms with Gasteiger partial charge in [0.2, 0.25) is 0 Å². The van der Waals surface area contributed by atoms with Crippen LogP contribution in [0.3, 0.4) is 0 Å². The summed E-state index contributed by atoms with van der Waals surface area (Å²) in [6.07, 6.45) is 4.03. The maximum atomic E-state index is 13.9. The molecule has 0 fully saturated rings. The molecule has 0 saturated carbocycles. The van der Waals surface area contributed by atoms with Gasteiger partial charge in [0.1, 0.15) is 5.82 Å². The molecular formula is C14H13BrFNO. The van der Waals surface area contributed by atoms with Gasteiger partial charge in [-0.1, -0.05) is 15.9 Å². The lowest BCUT2D eigenvalue weighted by molar-refractivity contribution is 0.156. The third-order valence-corrected chi connectivity index (χ3v) is 3.94. The maximum Gasteiger partial charge on any atom is 0.147 e. The summed E-state index contributed by atoms with van der Waals surface area (Å²) in [6, 6.07) is 6.78. The Kier molecular flexibility index (Phi) is 2.99. The molecule has 0 spiro atoms. The second-order valence-electron chi connectivity index (χ2n) is 4.59. The van der Waals surface area contributed by atoms with Crippen LogP contribution in [0.1, 0.15) is 30.2 Å². The summed E-state index contributed by atoms with van der Waals surface area (Å²) < 4.78 is 16.6. The number of aliphatic hydroxyl groups excluding tert-OH is 1. The molecule has 18 heavy (non-hydrogen) atoms. The van der Waals surface area contributed by atoms with E-state index in [9.17, 15) is 9.50 Å². The summed E-state index contributed by atoms with van der Waals surface area (Å²) in [5, 5.41) is 9.93. The first-order valence-electron chi connectivity index (χ1n) is 6.00. The summed E-state index contributed by atoms with van der Waals surface area (Å²) in [7, 11) is 0. The lowest BCUT2D eigenvalue weighted by Crippen LogP contribution is -2.11. The molecule has 2 aromatic rings. The minimum atomic E-state index is -0.412. The van der Waals surface area contributed by atoms with Crippen LogP contribution < -0.4 is 0 Å². The Bertz CT molecular complexity index is 593. The molecule has 1 unspecified atom stereocenters. The fourth-order valence-corrected chi connectivity index (χ4v) is 2.91. The lowest BCUT2D eigenvalue weighted by atomic mass is 9.95. The first-order chi connectivity index (χ1) is 8.66. The van der Waals surface area contributed by atoms with E-state index in [0.717, 1.165) is 35.0 Å². The molecule has 3 rings (SSSR count). The Morgan fingerprint density at radius 3 is 3.00 bits per heavy atom.